The fraction of sp³-hybridized carbons (Fsp3) is 0.667. The standard InChI is InChI=1S/C18H28N2O.2ClH/c1-21-17-9-7-16(8-10-17)18(15-5-3-2-4-6-15)20-13-11-19-12-14-20;;/h7-10,15,18-19H,2-6,11-14H2,1H3;2*1H/t18-;;/m0../s1. The molecule has 3 rings (SSSR count). The molecule has 0 bridgehead atoms. The number of hydrogen-bond donors (Lipinski definition) is 1. The summed E-state index contributed by atoms with van der Waals surface area (Å²) >= 11 is 0. The molecule has 132 valence electrons. The minimum atomic E-state index is 0. The van der Waals surface area contributed by atoms with Crippen molar-refractivity contribution in [3.63, 3.8) is 0 Å². The first-order valence-corrected chi connectivity index (χ1v) is 8.47. The maximum Gasteiger partial charge on any atom is 0.118 e. The van der Waals surface area contributed by atoms with Gasteiger partial charge in [-0.3, -0.25) is 4.90 Å². The number of rotatable bonds is 4. The number of piperazine rings is 1. The zero-order valence-electron chi connectivity index (χ0n) is 14.0. The van der Waals surface area contributed by atoms with Crippen LogP contribution < -0.4 is 10.1 Å². The van der Waals surface area contributed by atoms with Gasteiger partial charge in [-0.15, -0.1) is 24.8 Å². The van der Waals surface area contributed by atoms with Crippen LogP contribution in [0.25, 0.3) is 0 Å². The number of methoxy groups -OCH3 is 1. The Hall–Kier alpha value is -0.480. The molecule has 1 atom stereocenters. The molecule has 0 radical (unpaired) electrons. The topological polar surface area (TPSA) is 24.5 Å². The van der Waals surface area contributed by atoms with E-state index in [1.165, 1.54) is 50.8 Å². The number of hydrogen-bond acceptors (Lipinski definition) is 3. The van der Waals surface area contributed by atoms with Gasteiger partial charge in [-0.25, -0.2) is 0 Å². The van der Waals surface area contributed by atoms with Crippen LogP contribution in [-0.2, 0) is 0 Å². The summed E-state index contributed by atoms with van der Waals surface area (Å²) in [6, 6.07) is 9.39. The Kier molecular flexibility index (Phi) is 9.30. The molecule has 1 heterocycles. The zero-order valence-corrected chi connectivity index (χ0v) is 15.6. The molecule has 1 aromatic rings. The number of benzene rings is 1. The molecule has 0 spiro atoms. The van der Waals surface area contributed by atoms with Crippen LogP contribution in [0.3, 0.4) is 0 Å². The summed E-state index contributed by atoms with van der Waals surface area (Å²) in [5.74, 6) is 1.78. The van der Waals surface area contributed by atoms with E-state index in [1.54, 1.807) is 7.11 Å². The molecular formula is C18H30Cl2N2O. The molecule has 0 aromatic heterocycles. The van der Waals surface area contributed by atoms with Gasteiger partial charge in [0, 0.05) is 32.2 Å². The van der Waals surface area contributed by atoms with Gasteiger partial charge in [0.2, 0.25) is 0 Å². The summed E-state index contributed by atoms with van der Waals surface area (Å²) in [7, 11) is 1.74. The van der Waals surface area contributed by atoms with E-state index in [1.807, 2.05) is 0 Å². The van der Waals surface area contributed by atoms with Crippen LogP contribution in [0.5, 0.6) is 5.75 Å². The van der Waals surface area contributed by atoms with E-state index in [0.29, 0.717) is 6.04 Å². The van der Waals surface area contributed by atoms with Crippen molar-refractivity contribution in [3.05, 3.63) is 29.8 Å². The van der Waals surface area contributed by atoms with Crippen molar-refractivity contribution in [1.82, 2.24) is 10.2 Å². The minimum absolute atomic E-state index is 0. The number of nitrogens with one attached hydrogen (secondary N) is 1. The van der Waals surface area contributed by atoms with Gasteiger partial charge >= 0.3 is 0 Å². The predicted molar refractivity (Wildman–Crippen MR) is 101 cm³/mol. The lowest BCUT2D eigenvalue weighted by atomic mass is 9.80. The molecular weight excluding hydrogens is 331 g/mol. The Bertz CT molecular complexity index is 411. The molecule has 3 nitrogen and oxygen atoms in total. The van der Waals surface area contributed by atoms with E-state index in [4.69, 9.17) is 4.74 Å². The number of ether oxygens (including phenoxy) is 1. The summed E-state index contributed by atoms with van der Waals surface area (Å²) < 4.78 is 5.32. The maximum absolute atomic E-state index is 5.32. The third kappa shape index (κ3) is 5.25. The van der Waals surface area contributed by atoms with Crippen LogP contribution in [0.2, 0.25) is 0 Å². The average Bonchev–Trinajstić information content (AvgIpc) is 2.58. The van der Waals surface area contributed by atoms with Crippen LogP contribution in [0.15, 0.2) is 24.3 Å². The van der Waals surface area contributed by atoms with Gasteiger partial charge in [-0.2, -0.15) is 0 Å². The molecule has 0 unspecified atom stereocenters. The van der Waals surface area contributed by atoms with Gasteiger partial charge in [0.1, 0.15) is 5.75 Å². The van der Waals surface area contributed by atoms with Gasteiger partial charge in [-0.05, 0) is 36.5 Å². The Morgan fingerprint density at radius 2 is 1.61 bits per heavy atom. The van der Waals surface area contributed by atoms with Crippen molar-refractivity contribution in [1.29, 1.82) is 0 Å². The van der Waals surface area contributed by atoms with Gasteiger partial charge in [-0.1, -0.05) is 31.4 Å². The van der Waals surface area contributed by atoms with Gasteiger partial charge < -0.3 is 10.1 Å². The van der Waals surface area contributed by atoms with Crippen molar-refractivity contribution >= 4 is 24.8 Å². The van der Waals surface area contributed by atoms with Crippen molar-refractivity contribution in [2.45, 2.75) is 38.1 Å². The molecule has 1 saturated carbocycles. The molecule has 0 amide bonds. The highest BCUT2D eigenvalue weighted by Crippen LogP contribution is 2.38. The van der Waals surface area contributed by atoms with E-state index in [-0.39, 0.29) is 24.8 Å². The molecule has 1 aliphatic carbocycles. The monoisotopic (exact) mass is 360 g/mol. The highest BCUT2D eigenvalue weighted by molar-refractivity contribution is 5.85. The minimum Gasteiger partial charge on any atom is -0.497 e. The summed E-state index contributed by atoms with van der Waals surface area (Å²) in [4.78, 5) is 2.70. The van der Waals surface area contributed by atoms with Crippen LogP contribution in [0, 0.1) is 5.92 Å². The van der Waals surface area contributed by atoms with Gasteiger partial charge in [0.05, 0.1) is 7.11 Å². The lowest BCUT2D eigenvalue weighted by Gasteiger charge is -2.41. The quantitative estimate of drug-likeness (QED) is 0.875. The largest absolute Gasteiger partial charge is 0.497 e. The van der Waals surface area contributed by atoms with Gasteiger partial charge in [0.15, 0.2) is 0 Å². The van der Waals surface area contributed by atoms with Gasteiger partial charge in [0.25, 0.3) is 0 Å². The Labute approximate surface area is 153 Å². The lowest BCUT2D eigenvalue weighted by Crippen LogP contribution is -2.47. The average molecular weight is 361 g/mol. The van der Waals surface area contributed by atoms with Crippen LogP contribution in [0.1, 0.15) is 43.7 Å². The molecule has 2 fully saturated rings. The first kappa shape index (κ1) is 20.6. The molecule has 2 aliphatic rings. The second kappa shape index (κ2) is 10.4. The first-order valence-electron chi connectivity index (χ1n) is 8.47. The van der Waals surface area contributed by atoms with Crippen LogP contribution >= 0.6 is 24.8 Å². The number of halogens is 2. The lowest BCUT2D eigenvalue weighted by molar-refractivity contribution is 0.103. The van der Waals surface area contributed by atoms with E-state index in [9.17, 15) is 0 Å². The Balaban J connectivity index is 0.00000132. The Morgan fingerprint density at radius 1 is 1.00 bits per heavy atom. The normalized spacial score (nSPS) is 20.9. The molecule has 5 heteroatoms. The third-order valence-electron chi connectivity index (χ3n) is 5.10. The Morgan fingerprint density at radius 3 is 2.17 bits per heavy atom. The van der Waals surface area contributed by atoms with E-state index in [2.05, 4.69) is 34.5 Å². The molecule has 1 aliphatic heterocycles. The zero-order chi connectivity index (χ0) is 14.5. The van der Waals surface area contributed by atoms with E-state index < -0.39 is 0 Å². The fourth-order valence-corrected chi connectivity index (χ4v) is 3.99. The second-order valence-electron chi connectivity index (χ2n) is 6.40. The third-order valence-corrected chi connectivity index (χ3v) is 5.10. The predicted octanol–water partition coefficient (Wildman–Crippen LogP) is 4.07. The molecule has 23 heavy (non-hydrogen) atoms. The van der Waals surface area contributed by atoms with Crippen molar-refractivity contribution in [2.75, 3.05) is 33.3 Å². The van der Waals surface area contributed by atoms with Crippen molar-refractivity contribution < 1.29 is 4.74 Å². The van der Waals surface area contributed by atoms with Crippen LogP contribution in [-0.4, -0.2) is 38.2 Å². The van der Waals surface area contributed by atoms with E-state index >= 15 is 0 Å². The maximum atomic E-state index is 5.32. The second-order valence-corrected chi connectivity index (χ2v) is 6.40. The smallest absolute Gasteiger partial charge is 0.118 e. The summed E-state index contributed by atoms with van der Waals surface area (Å²) in [6.45, 7) is 4.60. The van der Waals surface area contributed by atoms with Crippen molar-refractivity contribution in [3.8, 4) is 5.75 Å². The highest BCUT2D eigenvalue weighted by atomic mass is 35.5. The molecule has 1 aromatic carbocycles. The molecule has 1 saturated heterocycles. The fourth-order valence-electron chi connectivity index (χ4n) is 3.99. The van der Waals surface area contributed by atoms with Crippen LogP contribution in [0.4, 0.5) is 0 Å². The summed E-state index contributed by atoms with van der Waals surface area (Å²) in [5, 5.41) is 3.48. The highest BCUT2D eigenvalue weighted by Gasteiger charge is 2.30. The molecule has 1 N–H and O–H groups in total. The number of nitrogens with zero attached hydrogens (tertiary/aromatic N) is 1. The van der Waals surface area contributed by atoms with E-state index in [0.717, 1.165) is 24.8 Å². The van der Waals surface area contributed by atoms with Crippen molar-refractivity contribution in [2.24, 2.45) is 5.92 Å². The SMILES string of the molecule is COc1ccc([C@H](C2CCCCC2)N2CCNCC2)cc1.Cl.Cl. The summed E-state index contributed by atoms with van der Waals surface area (Å²) in [6.07, 6.45) is 7.02. The summed E-state index contributed by atoms with van der Waals surface area (Å²) in [5.41, 5.74) is 1.48. The first-order chi connectivity index (χ1) is 10.4.